The van der Waals surface area contributed by atoms with Crippen LogP contribution in [0.2, 0.25) is 0 Å². The minimum atomic E-state index is -0.0963. The summed E-state index contributed by atoms with van der Waals surface area (Å²) in [6.45, 7) is 2.59. The van der Waals surface area contributed by atoms with E-state index in [0.717, 1.165) is 24.1 Å². The molecule has 2 amide bonds. The van der Waals surface area contributed by atoms with E-state index in [1.807, 2.05) is 24.3 Å². The van der Waals surface area contributed by atoms with E-state index in [9.17, 15) is 9.59 Å². The highest BCUT2D eigenvalue weighted by molar-refractivity contribution is 5.88. The smallest absolute Gasteiger partial charge is 0.221 e. The summed E-state index contributed by atoms with van der Waals surface area (Å²) in [5, 5.41) is 5.54. The molecule has 1 aromatic carbocycles. The zero-order valence-electron chi connectivity index (χ0n) is 11.2. The molecule has 5 heteroatoms. The van der Waals surface area contributed by atoms with Crippen molar-refractivity contribution in [1.82, 2.24) is 5.32 Å². The van der Waals surface area contributed by atoms with Gasteiger partial charge in [0.2, 0.25) is 11.8 Å². The maximum Gasteiger partial charge on any atom is 0.221 e. The topological polar surface area (TPSA) is 84.2 Å². The van der Waals surface area contributed by atoms with E-state index < -0.39 is 0 Å². The van der Waals surface area contributed by atoms with E-state index in [4.69, 9.17) is 5.73 Å². The van der Waals surface area contributed by atoms with Crippen molar-refractivity contribution in [2.24, 2.45) is 5.73 Å². The molecule has 0 aromatic heterocycles. The second-order valence-electron chi connectivity index (χ2n) is 4.40. The first-order chi connectivity index (χ1) is 9.11. The number of carbonyl (C=O) groups excluding carboxylic acids is 2. The minimum Gasteiger partial charge on any atom is -0.352 e. The van der Waals surface area contributed by atoms with Gasteiger partial charge in [0.1, 0.15) is 0 Å². The van der Waals surface area contributed by atoms with Crippen LogP contribution in [0.1, 0.15) is 31.7 Å². The Labute approximate surface area is 113 Å². The van der Waals surface area contributed by atoms with Gasteiger partial charge in [-0.3, -0.25) is 9.59 Å². The molecule has 19 heavy (non-hydrogen) atoms. The molecular weight excluding hydrogens is 242 g/mol. The van der Waals surface area contributed by atoms with Gasteiger partial charge in [0.05, 0.1) is 0 Å². The van der Waals surface area contributed by atoms with Crippen molar-refractivity contribution < 1.29 is 9.59 Å². The molecule has 0 atom stereocenters. The lowest BCUT2D eigenvalue weighted by Gasteiger charge is -2.06. The Bertz CT molecular complexity index is 415. The molecule has 104 valence electrons. The van der Waals surface area contributed by atoms with E-state index in [2.05, 4.69) is 10.6 Å². The van der Waals surface area contributed by atoms with E-state index >= 15 is 0 Å². The summed E-state index contributed by atoms with van der Waals surface area (Å²) in [4.78, 5) is 22.4. The van der Waals surface area contributed by atoms with E-state index in [0.29, 0.717) is 19.5 Å². The van der Waals surface area contributed by atoms with Gasteiger partial charge in [-0.2, -0.15) is 0 Å². The Morgan fingerprint density at radius 2 is 1.84 bits per heavy atom. The SMILES string of the molecule is CC(=O)Nc1ccc(CNC(=O)CCCCN)cc1. The first-order valence-electron chi connectivity index (χ1n) is 6.45. The van der Waals surface area contributed by atoms with Crippen molar-refractivity contribution in [2.45, 2.75) is 32.7 Å². The number of hydrogen-bond donors (Lipinski definition) is 3. The fourth-order valence-electron chi connectivity index (χ4n) is 1.63. The minimum absolute atomic E-state index is 0.0411. The summed E-state index contributed by atoms with van der Waals surface area (Å²) in [6, 6.07) is 7.39. The number of hydrogen-bond acceptors (Lipinski definition) is 3. The molecule has 0 aliphatic rings. The average molecular weight is 263 g/mol. The van der Waals surface area contributed by atoms with Gasteiger partial charge in [0.25, 0.3) is 0 Å². The number of rotatable bonds is 7. The highest BCUT2D eigenvalue weighted by atomic mass is 16.2. The Balaban J connectivity index is 2.33. The van der Waals surface area contributed by atoms with Gasteiger partial charge >= 0.3 is 0 Å². The summed E-state index contributed by atoms with van der Waals surface area (Å²) in [5.41, 5.74) is 7.12. The monoisotopic (exact) mass is 263 g/mol. The van der Waals surface area contributed by atoms with Crippen LogP contribution in [-0.2, 0) is 16.1 Å². The summed E-state index contributed by atoms with van der Waals surface area (Å²) >= 11 is 0. The second kappa shape index (κ2) is 8.26. The third-order valence-corrected chi connectivity index (χ3v) is 2.62. The van der Waals surface area contributed by atoms with Crippen molar-refractivity contribution in [3.63, 3.8) is 0 Å². The zero-order valence-corrected chi connectivity index (χ0v) is 11.2. The Morgan fingerprint density at radius 1 is 1.16 bits per heavy atom. The van der Waals surface area contributed by atoms with Crippen LogP contribution in [-0.4, -0.2) is 18.4 Å². The fraction of sp³-hybridized carbons (Fsp3) is 0.429. The number of anilines is 1. The van der Waals surface area contributed by atoms with E-state index in [1.54, 1.807) is 0 Å². The predicted molar refractivity (Wildman–Crippen MR) is 75.5 cm³/mol. The molecule has 5 nitrogen and oxygen atoms in total. The van der Waals surface area contributed by atoms with Crippen molar-refractivity contribution >= 4 is 17.5 Å². The molecule has 0 saturated carbocycles. The van der Waals surface area contributed by atoms with Gasteiger partial charge in [-0.25, -0.2) is 0 Å². The average Bonchev–Trinajstić information content (AvgIpc) is 2.37. The molecular formula is C14H21N3O2. The number of carbonyl (C=O) groups is 2. The van der Waals surface area contributed by atoms with Crippen LogP contribution in [0.25, 0.3) is 0 Å². The molecule has 0 aliphatic heterocycles. The van der Waals surface area contributed by atoms with Crippen LogP contribution >= 0.6 is 0 Å². The van der Waals surface area contributed by atoms with Crippen LogP contribution in [0.3, 0.4) is 0 Å². The third-order valence-electron chi connectivity index (χ3n) is 2.62. The Kier molecular flexibility index (Phi) is 6.60. The van der Waals surface area contributed by atoms with Crippen molar-refractivity contribution in [3.8, 4) is 0 Å². The predicted octanol–water partition coefficient (Wildman–Crippen LogP) is 1.39. The van der Waals surface area contributed by atoms with Gasteiger partial charge < -0.3 is 16.4 Å². The lowest BCUT2D eigenvalue weighted by molar-refractivity contribution is -0.121. The van der Waals surface area contributed by atoms with Crippen LogP contribution in [0.15, 0.2) is 24.3 Å². The lowest BCUT2D eigenvalue weighted by Crippen LogP contribution is -2.22. The van der Waals surface area contributed by atoms with Crippen molar-refractivity contribution in [3.05, 3.63) is 29.8 Å². The van der Waals surface area contributed by atoms with Gasteiger partial charge in [-0.1, -0.05) is 12.1 Å². The molecule has 0 spiro atoms. The van der Waals surface area contributed by atoms with Gasteiger partial charge in [-0.15, -0.1) is 0 Å². The van der Waals surface area contributed by atoms with Crippen molar-refractivity contribution in [2.75, 3.05) is 11.9 Å². The number of unbranched alkanes of at least 4 members (excludes halogenated alkanes) is 1. The molecule has 0 aliphatic carbocycles. The first kappa shape index (κ1) is 15.2. The van der Waals surface area contributed by atoms with Gasteiger partial charge in [0, 0.05) is 25.6 Å². The lowest BCUT2D eigenvalue weighted by atomic mass is 10.2. The molecule has 0 fully saturated rings. The quantitative estimate of drug-likeness (QED) is 0.650. The Morgan fingerprint density at radius 3 is 2.42 bits per heavy atom. The molecule has 0 unspecified atom stereocenters. The summed E-state index contributed by atoms with van der Waals surface area (Å²) in [6.07, 6.45) is 2.21. The van der Waals surface area contributed by atoms with Crippen LogP contribution in [0.5, 0.6) is 0 Å². The fourth-order valence-corrected chi connectivity index (χ4v) is 1.63. The first-order valence-corrected chi connectivity index (χ1v) is 6.45. The number of nitrogens with two attached hydrogens (primary N) is 1. The molecule has 0 radical (unpaired) electrons. The molecule has 1 aromatic rings. The molecule has 0 bridgehead atoms. The maximum absolute atomic E-state index is 11.5. The number of nitrogens with one attached hydrogen (secondary N) is 2. The molecule has 0 saturated heterocycles. The maximum atomic E-state index is 11.5. The largest absolute Gasteiger partial charge is 0.352 e. The van der Waals surface area contributed by atoms with Gasteiger partial charge in [0.15, 0.2) is 0 Å². The van der Waals surface area contributed by atoms with Crippen LogP contribution < -0.4 is 16.4 Å². The molecule has 0 heterocycles. The summed E-state index contributed by atoms with van der Waals surface area (Å²) in [5.74, 6) is -0.0552. The van der Waals surface area contributed by atoms with E-state index in [1.165, 1.54) is 6.92 Å². The summed E-state index contributed by atoms with van der Waals surface area (Å²) < 4.78 is 0. The van der Waals surface area contributed by atoms with Gasteiger partial charge in [-0.05, 0) is 37.1 Å². The molecule has 4 N–H and O–H groups in total. The number of amides is 2. The normalized spacial score (nSPS) is 10.0. The highest BCUT2D eigenvalue weighted by Crippen LogP contribution is 2.09. The number of benzene rings is 1. The van der Waals surface area contributed by atoms with Crippen molar-refractivity contribution in [1.29, 1.82) is 0 Å². The van der Waals surface area contributed by atoms with Crippen LogP contribution in [0, 0.1) is 0 Å². The third kappa shape index (κ3) is 6.57. The second-order valence-corrected chi connectivity index (χ2v) is 4.40. The summed E-state index contributed by atoms with van der Waals surface area (Å²) in [7, 11) is 0. The zero-order chi connectivity index (χ0) is 14.1. The molecule has 1 rings (SSSR count). The van der Waals surface area contributed by atoms with E-state index in [-0.39, 0.29) is 11.8 Å². The van der Waals surface area contributed by atoms with Crippen LogP contribution in [0.4, 0.5) is 5.69 Å². The highest BCUT2D eigenvalue weighted by Gasteiger charge is 2.01. The standard InChI is InChI=1S/C14H21N3O2/c1-11(18)17-13-7-5-12(6-8-13)10-16-14(19)4-2-3-9-15/h5-8H,2-4,9-10,15H2,1H3,(H,16,19)(H,17,18). The Hall–Kier alpha value is -1.88.